The molecule has 9 heteroatoms. The number of carbonyl (C=O) groups excluding carboxylic acids is 1. The molecule has 2 aromatic carbocycles. The molecule has 1 aliphatic heterocycles. The molecule has 1 saturated heterocycles. The van der Waals surface area contributed by atoms with Crippen molar-refractivity contribution >= 4 is 27.5 Å². The van der Waals surface area contributed by atoms with E-state index in [9.17, 15) is 13.2 Å². The van der Waals surface area contributed by atoms with Crippen LogP contribution in [0.15, 0.2) is 53.4 Å². The molecule has 3 rings (SSSR count). The number of halogens is 1. The molecule has 1 heterocycles. The molecule has 0 saturated carbocycles. The standard InChI is InChI=1S/C24H32ClN3O4S/c1-17(2)23(27-33(30,31)21-11-9-19(25)10-12-21)24(29)26-16-22(28-13-4-5-14-28)18-7-6-8-20(15-18)32-3/h6-12,15,17,22-23,27H,4-5,13-14,16H2,1-3H3,(H,26,29)/t22-,23-/m1/s1. The van der Waals surface area contributed by atoms with Gasteiger partial charge >= 0.3 is 0 Å². The van der Waals surface area contributed by atoms with Gasteiger partial charge in [-0.05, 0) is 73.8 Å². The first-order chi connectivity index (χ1) is 15.7. The van der Waals surface area contributed by atoms with Crippen LogP contribution < -0.4 is 14.8 Å². The van der Waals surface area contributed by atoms with Crippen molar-refractivity contribution in [3.05, 3.63) is 59.1 Å². The third-order valence-corrected chi connectivity index (χ3v) is 7.59. The van der Waals surface area contributed by atoms with E-state index in [1.54, 1.807) is 7.11 Å². The zero-order chi connectivity index (χ0) is 24.0. The van der Waals surface area contributed by atoms with Gasteiger partial charge in [0.2, 0.25) is 15.9 Å². The Labute approximate surface area is 201 Å². The Bertz CT molecular complexity index is 1040. The molecule has 7 nitrogen and oxygen atoms in total. The summed E-state index contributed by atoms with van der Waals surface area (Å²) in [6.45, 7) is 5.91. The van der Waals surface area contributed by atoms with Crippen LogP contribution in [0.25, 0.3) is 0 Å². The summed E-state index contributed by atoms with van der Waals surface area (Å²) in [6.07, 6.45) is 2.23. The van der Waals surface area contributed by atoms with Crippen molar-refractivity contribution in [1.82, 2.24) is 14.9 Å². The van der Waals surface area contributed by atoms with Crippen LogP contribution in [0.2, 0.25) is 5.02 Å². The fourth-order valence-electron chi connectivity index (χ4n) is 4.01. The van der Waals surface area contributed by atoms with E-state index in [-0.39, 0.29) is 22.8 Å². The van der Waals surface area contributed by atoms with Gasteiger partial charge in [0.25, 0.3) is 0 Å². The normalized spacial score (nSPS) is 16.5. The van der Waals surface area contributed by atoms with Gasteiger partial charge in [-0.1, -0.05) is 37.6 Å². The van der Waals surface area contributed by atoms with Crippen molar-refractivity contribution in [3.8, 4) is 5.75 Å². The van der Waals surface area contributed by atoms with Gasteiger partial charge in [0.1, 0.15) is 11.8 Å². The zero-order valence-electron chi connectivity index (χ0n) is 19.3. The van der Waals surface area contributed by atoms with Crippen LogP contribution in [0.3, 0.4) is 0 Å². The quantitative estimate of drug-likeness (QED) is 0.528. The molecular weight excluding hydrogens is 462 g/mol. The maximum absolute atomic E-state index is 13.1. The van der Waals surface area contributed by atoms with Crippen molar-refractivity contribution in [3.63, 3.8) is 0 Å². The molecule has 1 amide bonds. The molecule has 2 aromatic rings. The monoisotopic (exact) mass is 493 g/mol. The number of benzene rings is 2. The molecule has 2 N–H and O–H groups in total. The summed E-state index contributed by atoms with van der Waals surface area (Å²) in [7, 11) is -2.25. The van der Waals surface area contributed by atoms with Crippen LogP contribution in [0.4, 0.5) is 0 Å². The fourth-order valence-corrected chi connectivity index (χ4v) is 5.48. The second kappa shape index (κ2) is 11.3. The molecule has 0 unspecified atom stereocenters. The maximum Gasteiger partial charge on any atom is 0.241 e. The van der Waals surface area contributed by atoms with Crippen LogP contribution in [-0.4, -0.2) is 52.0 Å². The number of hydrogen-bond acceptors (Lipinski definition) is 5. The molecule has 0 bridgehead atoms. The molecular formula is C24H32ClN3O4S. The first kappa shape index (κ1) is 25.5. The predicted molar refractivity (Wildman–Crippen MR) is 130 cm³/mol. The smallest absolute Gasteiger partial charge is 0.241 e. The van der Waals surface area contributed by atoms with Crippen LogP contribution in [0.1, 0.15) is 38.3 Å². The number of ether oxygens (including phenoxy) is 1. The molecule has 0 radical (unpaired) electrons. The van der Waals surface area contributed by atoms with Crippen molar-refractivity contribution in [2.24, 2.45) is 5.92 Å². The Kier molecular flexibility index (Phi) is 8.75. The number of carbonyl (C=O) groups is 1. The number of sulfonamides is 1. The lowest BCUT2D eigenvalue weighted by molar-refractivity contribution is -0.123. The Morgan fingerprint density at radius 3 is 2.39 bits per heavy atom. The summed E-state index contributed by atoms with van der Waals surface area (Å²) in [6, 6.07) is 12.8. The third kappa shape index (κ3) is 6.69. The van der Waals surface area contributed by atoms with E-state index < -0.39 is 16.1 Å². The van der Waals surface area contributed by atoms with Crippen molar-refractivity contribution in [1.29, 1.82) is 0 Å². The highest BCUT2D eigenvalue weighted by Gasteiger charge is 2.30. The molecule has 33 heavy (non-hydrogen) atoms. The average Bonchev–Trinajstić information content (AvgIpc) is 3.32. The number of amides is 1. The van der Waals surface area contributed by atoms with Gasteiger partial charge in [-0.25, -0.2) is 8.42 Å². The van der Waals surface area contributed by atoms with Crippen molar-refractivity contribution in [2.75, 3.05) is 26.7 Å². The first-order valence-corrected chi connectivity index (χ1v) is 13.0. The molecule has 2 atom stereocenters. The summed E-state index contributed by atoms with van der Waals surface area (Å²) in [5.41, 5.74) is 1.05. The predicted octanol–water partition coefficient (Wildman–Crippen LogP) is 3.60. The minimum absolute atomic E-state index is 0.0211. The summed E-state index contributed by atoms with van der Waals surface area (Å²) in [4.78, 5) is 15.5. The topological polar surface area (TPSA) is 87.7 Å². The minimum atomic E-state index is -3.88. The van der Waals surface area contributed by atoms with Gasteiger partial charge in [0.05, 0.1) is 18.0 Å². The number of rotatable bonds is 10. The molecule has 1 aliphatic rings. The van der Waals surface area contributed by atoms with Gasteiger partial charge in [-0.2, -0.15) is 4.72 Å². The Morgan fingerprint density at radius 1 is 1.12 bits per heavy atom. The Hall–Kier alpha value is -2.13. The highest BCUT2D eigenvalue weighted by atomic mass is 35.5. The molecule has 0 spiro atoms. The van der Waals surface area contributed by atoms with Gasteiger partial charge in [-0.15, -0.1) is 0 Å². The SMILES string of the molecule is COc1cccc([C@@H](CNC(=O)[C@H](NS(=O)(=O)c2ccc(Cl)cc2)C(C)C)N2CCCC2)c1. The van der Waals surface area contributed by atoms with Crippen molar-refractivity contribution in [2.45, 2.75) is 43.7 Å². The van der Waals surface area contributed by atoms with E-state index in [4.69, 9.17) is 16.3 Å². The highest BCUT2D eigenvalue weighted by Crippen LogP contribution is 2.27. The van der Waals surface area contributed by atoms with E-state index in [0.29, 0.717) is 11.6 Å². The summed E-state index contributed by atoms with van der Waals surface area (Å²) in [5.74, 6) is 0.169. The highest BCUT2D eigenvalue weighted by molar-refractivity contribution is 7.89. The van der Waals surface area contributed by atoms with Crippen LogP contribution in [0.5, 0.6) is 5.75 Å². The second-order valence-corrected chi connectivity index (χ2v) is 10.7. The summed E-state index contributed by atoms with van der Waals surface area (Å²) >= 11 is 5.87. The van der Waals surface area contributed by atoms with E-state index in [2.05, 4.69) is 14.9 Å². The number of methoxy groups -OCH3 is 1. The lowest BCUT2D eigenvalue weighted by Crippen LogP contribution is -2.51. The minimum Gasteiger partial charge on any atom is -0.497 e. The third-order valence-electron chi connectivity index (χ3n) is 5.88. The van der Waals surface area contributed by atoms with Gasteiger partial charge in [-0.3, -0.25) is 9.69 Å². The fraction of sp³-hybridized carbons (Fsp3) is 0.458. The molecule has 0 aliphatic carbocycles. The first-order valence-electron chi connectivity index (χ1n) is 11.1. The van der Waals surface area contributed by atoms with Gasteiger partial charge < -0.3 is 10.1 Å². The van der Waals surface area contributed by atoms with Gasteiger partial charge in [0, 0.05) is 11.6 Å². The molecule has 1 fully saturated rings. The molecule has 180 valence electrons. The maximum atomic E-state index is 13.1. The number of hydrogen-bond donors (Lipinski definition) is 2. The second-order valence-electron chi connectivity index (χ2n) is 8.58. The Morgan fingerprint density at radius 2 is 1.79 bits per heavy atom. The van der Waals surface area contributed by atoms with E-state index in [1.807, 2.05) is 38.1 Å². The molecule has 0 aromatic heterocycles. The van der Waals surface area contributed by atoms with Crippen molar-refractivity contribution < 1.29 is 17.9 Å². The Balaban J connectivity index is 1.74. The van der Waals surface area contributed by atoms with Crippen LogP contribution in [0, 0.1) is 5.92 Å². The van der Waals surface area contributed by atoms with E-state index in [0.717, 1.165) is 37.2 Å². The average molecular weight is 494 g/mol. The number of likely N-dealkylation sites (tertiary alicyclic amines) is 1. The summed E-state index contributed by atoms with van der Waals surface area (Å²) in [5, 5.41) is 3.43. The number of nitrogens with zero attached hydrogens (tertiary/aromatic N) is 1. The number of nitrogens with one attached hydrogen (secondary N) is 2. The summed E-state index contributed by atoms with van der Waals surface area (Å²) < 4.78 is 33.6. The van der Waals surface area contributed by atoms with E-state index in [1.165, 1.54) is 24.3 Å². The van der Waals surface area contributed by atoms with E-state index >= 15 is 0 Å². The van der Waals surface area contributed by atoms with Crippen LogP contribution in [-0.2, 0) is 14.8 Å². The van der Waals surface area contributed by atoms with Crippen LogP contribution >= 0.6 is 11.6 Å². The lowest BCUT2D eigenvalue weighted by Gasteiger charge is -2.30. The lowest BCUT2D eigenvalue weighted by atomic mass is 10.0. The van der Waals surface area contributed by atoms with Gasteiger partial charge in [0.15, 0.2) is 0 Å². The largest absolute Gasteiger partial charge is 0.497 e. The zero-order valence-corrected chi connectivity index (χ0v) is 20.8.